The van der Waals surface area contributed by atoms with Crippen LogP contribution in [-0.4, -0.2) is 27.8 Å². The minimum Gasteiger partial charge on any atom is -0.324 e. The fourth-order valence-corrected chi connectivity index (χ4v) is 3.38. The highest BCUT2D eigenvalue weighted by Crippen LogP contribution is 2.26. The van der Waals surface area contributed by atoms with Crippen LogP contribution >= 0.6 is 39.0 Å². The Balaban J connectivity index is 1.84. The molecule has 1 aromatic heterocycles. The number of aromatic nitrogens is 2. The molecule has 0 aliphatic heterocycles. The predicted octanol–water partition coefficient (Wildman–Crippen LogP) is 3.63. The van der Waals surface area contributed by atoms with Gasteiger partial charge < -0.3 is 10.6 Å². The molecule has 2 amide bonds. The second-order valence-corrected chi connectivity index (χ2v) is 7.89. The van der Waals surface area contributed by atoms with E-state index < -0.39 is 0 Å². The zero-order valence-corrected chi connectivity index (χ0v) is 15.7. The Kier molecular flexibility index (Phi) is 6.55. The second-order valence-electron chi connectivity index (χ2n) is 4.83. The standard InChI is InChI=1S/C14H15BrN4O2S2/c1-8(2)12(21)17-13-18-19-14(23-13)22-7-11(20)16-10-6-4-3-5-9(10)15/h3-6,8H,7H2,1-2H3,(H,16,20)(H,17,18,21). The number of nitrogens with zero attached hydrogens (tertiary/aromatic N) is 2. The molecule has 0 radical (unpaired) electrons. The van der Waals surface area contributed by atoms with Crippen LogP contribution in [0.4, 0.5) is 10.8 Å². The van der Waals surface area contributed by atoms with E-state index in [1.807, 2.05) is 24.3 Å². The number of amides is 2. The normalized spacial score (nSPS) is 10.6. The van der Waals surface area contributed by atoms with Gasteiger partial charge >= 0.3 is 0 Å². The molecular formula is C14H15BrN4O2S2. The molecule has 0 spiro atoms. The Bertz CT molecular complexity index is 706. The van der Waals surface area contributed by atoms with E-state index in [9.17, 15) is 9.59 Å². The Morgan fingerprint density at radius 3 is 2.70 bits per heavy atom. The molecule has 0 aliphatic rings. The van der Waals surface area contributed by atoms with Crippen molar-refractivity contribution in [1.82, 2.24) is 10.2 Å². The van der Waals surface area contributed by atoms with Crippen molar-refractivity contribution in [3.63, 3.8) is 0 Å². The van der Waals surface area contributed by atoms with Gasteiger partial charge in [-0.1, -0.05) is 49.1 Å². The van der Waals surface area contributed by atoms with Gasteiger partial charge in [0.05, 0.1) is 11.4 Å². The van der Waals surface area contributed by atoms with E-state index in [0.29, 0.717) is 9.47 Å². The first kappa shape index (κ1) is 17.9. The van der Waals surface area contributed by atoms with Crippen LogP contribution in [0.1, 0.15) is 13.8 Å². The smallest absolute Gasteiger partial charge is 0.234 e. The Hall–Kier alpha value is -1.45. The third-order valence-corrected chi connectivity index (χ3v) is 5.30. The molecular weight excluding hydrogens is 400 g/mol. The van der Waals surface area contributed by atoms with Gasteiger partial charge in [0.1, 0.15) is 0 Å². The number of rotatable bonds is 6. The Labute approximate surface area is 150 Å². The van der Waals surface area contributed by atoms with Gasteiger partial charge in [-0.15, -0.1) is 10.2 Å². The van der Waals surface area contributed by atoms with Crippen molar-refractivity contribution < 1.29 is 9.59 Å². The van der Waals surface area contributed by atoms with Crippen molar-refractivity contribution >= 4 is 61.7 Å². The summed E-state index contributed by atoms with van der Waals surface area (Å²) in [6, 6.07) is 7.40. The van der Waals surface area contributed by atoms with Gasteiger partial charge in [0, 0.05) is 10.4 Å². The number of carbonyl (C=O) groups excluding carboxylic acids is 2. The van der Waals surface area contributed by atoms with Crippen molar-refractivity contribution in [3.8, 4) is 0 Å². The molecule has 0 saturated heterocycles. The zero-order chi connectivity index (χ0) is 16.8. The number of nitrogens with one attached hydrogen (secondary N) is 2. The van der Waals surface area contributed by atoms with Crippen LogP contribution < -0.4 is 10.6 Å². The van der Waals surface area contributed by atoms with Gasteiger partial charge in [0.25, 0.3) is 0 Å². The summed E-state index contributed by atoms with van der Waals surface area (Å²) in [4.78, 5) is 23.5. The monoisotopic (exact) mass is 414 g/mol. The number of hydrogen-bond acceptors (Lipinski definition) is 6. The number of hydrogen-bond donors (Lipinski definition) is 2. The van der Waals surface area contributed by atoms with Crippen molar-refractivity contribution in [1.29, 1.82) is 0 Å². The largest absolute Gasteiger partial charge is 0.324 e. The molecule has 6 nitrogen and oxygen atoms in total. The van der Waals surface area contributed by atoms with E-state index in [-0.39, 0.29) is 23.5 Å². The molecule has 2 rings (SSSR count). The molecule has 0 unspecified atom stereocenters. The first-order chi connectivity index (χ1) is 11.0. The lowest BCUT2D eigenvalue weighted by atomic mass is 10.2. The molecule has 122 valence electrons. The maximum absolute atomic E-state index is 11.9. The number of benzene rings is 1. The van der Waals surface area contributed by atoms with Gasteiger partial charge in [-0.05, 0) is 28.1 Å². The van der Waals surface area contributed by atoms with Crippen LogP contribution in [0.15, 0.2) is 33.1 Å². The molecule has 1 aromatic carbocycles. The maximum Gasteiger partial charge on any atom is 0.234 e. The first-order valence-corrected chi connectivity index (χ1v) is 9.36. The first-order valence-electron chi connectivity index (χ1n) is 6.77. The van der Waals surface area contributed by atoms with Gasteiger partial charge in [0.2, 0.25) is 16.9 Å². The fourth-order valence-electron chi connectivity index (χ4n) is 1.44. The lowest BCUT2D eigenvalue weighted by molar-refractivity contribution is -0.119. The summed E-state index contributed by atoms with van der Waals surface area (Å²) in [5.41, 5.74) is 0.722. The van der Waals surface area contributed by atoms with E-state index in [1.54, 1.807) is 13.8 Å². The third kappa shape index (κ3) is 5.60. The molecule has 0 aliphatic carbocycles. The van der Waals surface area contributed by atoms with Crippen LogP contribution in [0.25, 0.3) is 0 Å². The van der Waals surface area contributed by atoms with E-state index >= 15 is 0 Å². The Morgan fingerprint density at radius 2 is 2.00 bits per heavy atom. The van der Waals surface area contributed by atoms with Crippen molar-refractivity contribution in [2.45, 2.75) is 18.2 Å². The molecule has 23 heavy (non-hydrogen) atoms. The molecule has 0 bridgehead atoms. The molecule has 0 atom stereocenters. The third-order valence-electron chi connectivity index (χ3n) is 2.64. The number of halogens is 1. The molecule has 2 aromatic rings. The minimum atomic E-state index is -0.134. The lowest BCUT2D eigenvalue weighted by Gasteiger charge is -2.05. The number of para-hydroxylation sites is 1. The number of anilines is 2. The predicted molar refractivity (Wildman–Crippen MR) is 96.9 cm³/mol. The molecule has 0 saturated carbocycles. The molecule has 0 fully saturated rings. The number of thioether (sulfide) groups is 1. The van der Waals surface area contributed by atoms with Crippen LogP contribution in [-0.2, 0) is 9.59 Å². The second kappa shape index (κ2) is 8.42. The van der Waals surface area contributed by atoms with Gasteiger partial charge in [0.15, 0.2) is 4.34 Å². The minimum absolute atomic E-state index is 0.107. The highest BCUT2D eigenvalue weighted by Gasteiger charge is 2.12. The summed E-state index contributed by atoms with van der Waals surface area (Å²) in [5.74, 6) is -0.145. The molecule has 1 heterocycles. The van der Waals surface area contributed by atoms with E-state index in [0.717, 1.165) is 10.2 Å². The van der Waals surface area contributed by atoms with E-state index in [4.69, 9.17) is 0 Å². The summed E-state index contributed by atoms with van der Waals surface area (Å²) in [7, 11) is 0. The highest BCUT2D eigenvalue weighted by molar-refractivity contribution is 9.10. The zero-order valence-electron chi connectivity index (χ0n) is 12.5. The molecule has 2 N–H and O–H groups in total. The lowest BCUT2D eigenvalue weighted by Crippen LogP contribution is -2.17. The summed E-state index contributed by atoms with van der Waals surface area (Å²) in [5, 5.41) is 13.8. The average molecular weight is 415 g/mol. The summed E-state index contributed by atoms with van der Waals surface area (Å²) < 4.78 is 1.46. The van der Waals surface area contributed by atoms with Crippen LogP contribution in [0, 0.1) is 5.92 Å². The topological polar surface area (TPSA) is 84.0 Å². The van der Waals surface area contributed by atoms with Crippen molar-refractivity contribution in [2.75, 3.05) is 16.4 Å². The van der Waals surface area contributed by atoms with Crippen LogP contribution in [0.5, 0.6) is 0 Å². The summed E-state index contributed by atoms with van der Waals surface area (Å²) >= 11 is 5.90. The van der Waals surface area contributed by atoms with Crippen molar-refractivity contribution in [3.05, 3.63) is 28.7 Å². The SMILES string of the molecule is CC(C)C(=O)Nc1nnc(SCC(=O)Nc2ccccc2Br)s1. The van der Waals surface area contributed by atoms with Gasteiger partial charge in [-0.25, -0.2) is 0 Å². The number of carbonyl (C=O) groups is 2. The van der Waals surface area contributed by atoms with Gasteiger partial charge in [-0.3, -0.25) is 9.59 Å². The van der Waals surface area contributed by atoms with Crippen LogP contribution in [0.2, 0.25) is 0 Å². The van der Waals surface area contributed by atoms with E-state index in [2.05, 4.69) is 36.8 Å². The van der Waals surface area contributed by atoms with E-state index in [1.165, 1.54) is 23.1 Å². The van der Waals surface area contributed by atoms with Gasteiger partial charge in [-0.2, -0.15) is 0 Å². The quantitative estimate of drug-likeness (QED) is 0.556. The van der Waals surface area contributed by atoms with Crippen LogP contribution in [0.3, 0.4) is 0 Å². The summed E-state index contributed by atoms with van der Waals surface area (Å²) in [6.45, 7) is 3.61. The highest BCUT2D eigenvalue weighted by atomic mass is 79.9. The fraction of sp³-hybridized carbons (Fsp3) is 0.286. The summed E-state index contributed by atoms with van der Waals surface area (Å²) in [6.07, 6.45) is 0. The maximum atomic E-state index is 11.9. The van der Waals surface area contributed by atoms with Crippen molar-refractivity contribution in [2.24, 2.45) is 5.92 Å². The molecule has 9 heteroatoms. The average Bonchev–Trinajstić information content (AvgIpc) is 2.95. The Morgan fingerprint density at radius 1 is 1.26 bits per heavy atom.